The first-order valence-corrected chi connectivity index (χ1v) is 4.64. The maximum Gasteiger partial charge on any atom is 0.317 e. The molecule has 13 heavy (non-hydrogen) atoms. The van der Waals surface area contributed by atoms with Crippen LogP contribution in [0, 0.1) is 0 Å². The van der Waals surface area contributed by atoms with E-state index in [1.165, 1.54) is 0 Å². The Labute approximate surface area is 82.9 Å². The molecule has 0 radical (unpaired) electrons. The summed E-state index contributed by atoms with van der Waals surface area (Å²) in [6, 6.07) is 0.0199. The summed E-state index contributed by atoms with van der Waals surface area (Å²) in [6.07, 6.45) is 0. The lowest BCUT2D eigenvalue weighted by Gasteiger charge is -2.13. The van der Waals surface area contributed by atoms with E-state index >= 15 is 0 Å². The minimum Gasteiger partial charge on any atom is -0.336 e. The van der Waals surface area contributed by atoms with Crippen molar-refractivity contribution >= 4 is 17.6 Å². The molecule has 0 atom stereocenters. The number of amides is 2. The standard InChI is InChI=1S/C8H14ClN3O/c1-7(9)6-10-2-4-12-5-3-11-8(12)13/h10H,1-6H2,(H,11,13). The first-order valence-electron chi connectivity index (χ1n) is 4.27. The number of carbonyl (C=O) groups is 1. The van der Waals surface area contributed by atoms with Gasteiger partial charge in [0.1, 0.15) is 0 Å². The Hall–Kier alpha value is -0.740. The second-order valence-electron chi connectivity index (χ2n) is 2.91. The van der Waals surface area contributed by atoms with Crippen molar-refractivity contribution in [3.63, 3.8) is 0 Å². The topological polar surface area (TPSA) is 44.4 Å². The molecule has 0 bridgehead atoms. The molecule has 5 heteroatoms. The lowest BCUT2D eigenvalue weighted by molar-refractivity contribution is 0.217. The molecule has 0 spiro atoms. The normalized spacial score (nSPS) is 16.1. The summed E-state index contributed by atoms with van der Waals surface area (Å²) >= 11 is 5.55. The molecule has 1 aliphatic heterocycles. The molecule has 1 rings (SSSR count). The highest BCUT2D eigenvalue weighted by atomic mass is 35.5. The predicted octanol–water partition coefficient (Wildman–Crippen LogP) is 0.354. The molecule has 1 heterocycles. The molecule has 2 amide bonds. The first-order chi connectivity index (χ1) is 6.20. The number of urea groups is 1. The molecule has 0 saturated carbocycles. The van der Waals surface area contributed by atoms with Crippen molar-refractivity contribution in [1.29, 1.82) is 0 Å². The molecule has 74 valence electrons. The first kappa shape index (κ1) is 10.3. The Kier molecular flexibility index (Phi) is 4.05. The third-order valence-corrected chi connectivity index (χ3v) is 1.95. The van der Waals surface area contributed by atoms with E-state index in [1.807, 2.05) is 0 Å². The molecule has 0 aromatic rings. The van der Waals surface area contributed by atoms with E-state index in [0.717, 1.165) is 26.2 Å². The van der Waals surface area contributed by atoms with Crippen LogP contribution in [0.3, 0.4) is 0 Å². The van der Waals surface area contributed by atoms with E-state index in [0.29, 0.717) is 11.6 Å². The Balaban J connectivity index is 2.05. The Morgan fingerprint density at radius 2 is 2.54 bits per heavy atom. The Morgan fingerprint density at radius 1 is 1.77 bits per heavy atom. The van der Waals surface area contributed by atoms with Crippen molar-refractivity contribution in [3.8, 4) is 0 Å². The van der Waals surface area contributed by atoms with Gasteiger partial charge in [-0.2, -0.15) is 0 Å². The van der Waals surface area contributed by atoms with Gasteiger partial charge in [-0.1, -0.05) is 18.2 Å². The molecular formula is C8H14ClN3O. The van der Waals surface area contributed by atoms with Crippen LogP contribution in [0.25, 0.3) is 0 Å². The number of rotatable bonds is 5. The summed E-state index contributed by atoms with van der Waals surface area (Å²) in [5.41, 5.74) is 0. The molecule has 1 aliphatic rings. The second-order valence-corrected chi connectivity index (χ2v) is 3.45. The summed E-state index contributed by atoms with van der Waals surface area (Å²) in [7, 11) is 0. The number of nitrogens with one attached hydrogen (secondary N) is 2. The van der Waals surface area contributed by atoms with Gasteiger partial charge in [0.05, 0.1) is 0 Å². The zero-order valence-electron chi connectivity index (χ0n) is 7.48. The lowest BCUT2D eigenvalue weighted by Crippen LogP contribution is -2.34. The Morgan fingerprint density at radius 3 is 3.08 bits per heavy atom. The molecule has 1 saturated heterocycles. The van der Waals surface area contributed by atoms with E-state index in [2.05, 4.69) is 17.2 Å². The van der Waals surface area contributed by atoms with Gasteiger partial charge in [0.15, 0.2) is 0 Å². The van der Waals surface area contributed by atoms with Crippen LogP contribution in [0.1, 0.15) is 0 Å². The zero-order valence-corrected chi connectivity index (χ0v) is 8.23. The van der Waals surface area contributed by atoms with Crippen LogP contribution in [-0.2, 0) is 0 Å². The van der Waals surface area contributed by atoms with Crippen molar-refractivity contribution < 1.29 is 4.79 Å². The van der Waals surface area contributed by atoms with Crippen LogP contribution in [0.15, 0.2) is 11.6 Å². The number of halogens is 1. The van der Waals surface area contributed by atoms with Crippen LogP contribution in [-0.4, -0.2) is 43.7 Å². The van der Waals surface area contributed by atoms with Crippen molar-refractivity contribution in [2.24, 2.45) is 0 Å². The quantitative estimate of drug-likeness (QED) is 0.634. The monoisotopic (exact) mass is 203 g/mol. The van der Waals surface area contributed by atoms with Gasteiger partial charge < -0.3 is 15.5 Å². The fraction of sp³-hybridized carbons (Fsp3) is 0.625. The zero-order chi connectivity index (χ0) is 9.68. The number of hydrogen-bond donors (Lipinski definition) is 2. The van der Waals surface area contributed by atoms with Gasteiger partial charge in [0.25, 0.3) is 0 Å². The van der Waals surface area contributed by atoms with Crippen molar-refractivity contribution in [2.45, 2.75) is 0 Å². The van der Waals surface area contributed by atoms with Gasteiger partial charge in [-0.05, 0) is 0 Å². The third kappa shape index (κ3) is 3.65. The molecule has 0 aromatic heterocycles. The summed E-state index contributed by atoms with van der Waals surface area (Å²) in [6.45, 7) is 7.16. The number of carbonyl (C=O) groups excluding carboxylic acids is 1. The molecule has 0 unspecified atom stereocenters. The van der Waals surface area contributed by atoms with E-state index in [1.54, 1.807) is 4.90 Å². The maximum atomic E-state index is 11.0. The number of nitrogens with zero attached hydrogens (tertiary/aromatic N) is 1. The predicted molar refractivity (Wildman–Crippen MR) is 52.8 cm³/mol. The van der Waals surface area contributed by atoms with Crippen LogP contribution in [0.2, 0.25) is 0 Å². The maximum absolute atomic E-state index is 11.0. The third-order valence-electron chi connectivity index (χ3n) is 1.82. The average Bonchev–Trinajstić information content (AvgIpc) is 2.45. The minimum atomic E-state index is 0.0199. The molecule has 4 nitrogen and oxygen atoms in total. The highest BCUT2D eigenvalue weighted by Crippen LogP contribution is 1.95. The van der Waals surface area contributed by atoms with Crippen LogP contribution >= 0.6 is 11.6 Å². The highest BCUT2D eigenvalue weighted by molar-refractivity contribution is 6.29. The van der Waals surface area contributed by atoms with E-state index in [9.17, 15) is 4.79 Å². The fourth-order valence-corrected chi connectivity index (χ4v) is 1.26. The highest BCUT2D eigenvalue weighted by Gasteiger charge is 2.17. The molecule has 2 N–H and O–H groups in total. The van der Waals surface area contributed by atoms with Gasteiger partial charge in [0.2, 0.25) is 0 Å². The van der Waals surface area contributed by atoms with Gasteiger partial charge in [-0.15, -0.1) is 0 Å². The molecular weight excluding hydrogens is 190 g/mol. The Bertz CT molecular complexity index is 208. The second kappa shape index (κ2) is 5.09. The van der Waals surface area contributed by atoms with Crippen LogP contribution < -0.4 is 10.6 Å². The SMILES string of the molecule is C=C(Cl)CNCCN1CCNC1=O. The fourth-order valence-electron chi connectivity index (χ4n) is 1.16. The van der Waals surface area contributed by atoms with Gasteiger partial charge in [-0.3, -0.25) is 0 Å². The van der Waals surface area contributed by atoms with E-state index in [-0.39, 0.29) is 6.03 Å². The smallest absolute Gasteiger partial charge is 0.317 e. The summed E-state index contributed by atoms with van der Waals surface area (Å²) in [4.78, 5) is 12.8. The number of hydrogen-bond acceptors (Lipinski definition) is 2. The van der Waals surface area contributed by atoms with E-state index in [4.69, 9.17) is 11.6 Å². The minimum absolute atomic E-state index is 0.0199. The molecule has 1 fully saturated rings. The average molecular weight is 204 g/mol. The van der Waals surface area contributed by atoms with E-state index < -0.39 is 0 Å². The molecule has 0 aliphatic carbocycles. The summed E-state index contributed by atoms with van der Waals surface area (Å²) < 4.78 is 0. The lowest BCUT2D eigenvalue weighted by atomic mass is 10.5. The summed E-state index contributed by atoms with van der Waals surface area (Å²) in [5.74, 6) is 0. The van der Waals surface area contributed by atoms with Gasteiger partial charge >= 0.3 is 6.03 Å². The van der Waals surface area contributed by atoms with Gasteiger partial charge in [-0.25, -0.2) is 4.79 Å². The van der Waals surface area contributed by atoms with Crippen molar-refractivity contribution in [2.75, 3.05) is 32.7 Å². The van der Waals surface area contributed by atoms with Gasteiger partial charge in [0, 0.05) is 37.8 Å². The van der Waals surface area contributed by atoms with Crippen molar-refractivity contribution in [1.82, 2.24) is 15.5 Å². The molecule has 0 aromatic carbocycles. The van der Waals surface area contributed by atoms with Crippen LogP contribution in [0.5, 0.6) is 0 Å². The van der Waals surface area contributed by atoms with Crippen LogP contribution in [0.4, 0.5) is 4.79 Å². The largest absolute Gasteiger partial charge is 0.336 e. The van der Waals surface area contributed by atoms with Crippen molar-refractivity contribution in [3.05, 3.63) is 11.6 Å². The summed E-state index contributed by atoms with van der Waals surface area (Å²) in [5, 5.41) is 6.40.